The van der Waals surface area contributed by atoms with Crippen molar-refractivity contribution in [3.05, 3.63) is 35.9 Å². The molecule has 27 heavy (non-hydrogen) atoms. The van der Waals surface area contributed by atoms with Crippen molar-refractivity contribution in [2.24, 2.45) is 17.3 Å². The Morgan fingerprint density at radius 1 is 1.11 bits per heavy atom. The lowest BCUT2D eigenvalue weighted by atomic mass is 9.50. The van der Waals surface area contributed by atoms with Crippen LogP contribution in [-0.2, 0) is 20.9 Å². The first-order chi connectivity index (χ1) is 13.1. The molecule has 2 spiro atoms. The quantitative estimate of drug-likeness (QED) is 0.865. The van der Waals surface area contributed by atoms with Crippen molar-refractivity contribution in [3.63, 3.8) is 0 Å². The maximum atomic E-state index is 12.9. The molecular weight excluding hydrogens is 338 g/mol. The number of hydrogen-bond acceptors (Lipinski definition) is 3. The van der Waals surface area contributed by atoms with E-state index in [1.807, 2.05) is 6.07 Å². The molecule has 1 amide bonds. The maximum Gasteiger partial charge on any atom is 0.223 e. The van der Waals surface area contributed by atoms with Gasteiger partial charge in [0.2, 0.25) is 5.91 Å². The number of fused-ring (bicyclic) bond motifs is 2. The Labute approximate surface area is 161 Å². The van der Waals surface area contributed by atoms with E-state index in [1.54, 1.807) is 0 Å². The van der Waals surface area contributed by atoms with Crippen LogP contribution in [0.5, 0.6) is 0 Å². The Balaban J connectivity index is 0.981. The Morgan fingerprint density at radius 2 is 1.89 bits per heavy atom. The van der Waals surface area contributed by atoms with E-state index < -0.39 is 0 Å². The summed E-state index contributed by atoms with van der Waals surface area (Å²) in [5.41, 5.74) is 1.64. The Morgan fingerprint density at radius 3 is 2.56 bits per heavy atom. The highest BCUT2D eigenvalue weighted by atomic mass is 16.5. The van der Waals surface area contributed by atoms with E-state index in [-0.39, 0.29) is 17.1 Å². The molecule has 5 fully saturated rings. The molecule has 4 saturated carbocycles. The molecule has 6 rings (SSSR count). The third-order valence-electron chi connectivity index (χ3n) is 8.37. The molecule has 1 aliphatic heterocycles. The Kier molecular flexibility index (Phi) is 3.42. The third-order valence-corrected chi connectivity index (χ3v) is 8.37. The van der Waals surface area contributed by atoms with Gasteiger partial charge in [-0.1, -0.05) is 30.3 Å². The number of ether oxygens (including phenoxy) is 2. The van der Waals surface area contributed by atoms with Gasteiger partial charge in [0.25, 0.3) is 0 Å². The molecule has 0 unspecified atom stereocenters. The first kappa shape index (κ1) is 16.6. The molecule has 144 valence electrons. The minimum atomic E-state index is 0.00159. The number of amides is 1. The number of nitrogens with one attached hydrogen (secondary N) is 1. The van der Waals surface area contributed by atoms with Gasteiger partial charge in [0.1, 0.15) is 0 Å². The van der Waals surface area contributed by atoms with E-state index in [9.17, 15) is 4.79 Å². The van der Waals surface area contributed by atoms with Gasteiger partial charge in [0.05, 0.1) is 30.5 Å². The molecule has 0 bridgehead atoms. The Hall–Kier alpha value is -1.39. The molecule has 4 aliphatic carbocycles. The van der Waals surface area contributed by atoms with Gasteiger partial charge < -0.3 is 14.8 Å². The molecule has 0 radical (unpaired) electrons. The summed E-state index contributed by atoms with van der Waals surface area (Å²) in [5, 5.41) is 3.47. The van der Waals surface area contributed by atoms with E-state index >= 15 is 0 Å². The minimum absolute atomic E-state index is 0.00159. The van der Waals surface area contributed by atoms with Crippen molar-refractivity contribution in [2.45, 2.75) is 75.2 Å². The van der Waals surface area contributed by atoms with Crippen LogP contribution in [0.2, 0.25) is 0 Å². The first-order valence-electron chi connectivity index (χ1n) is 10.7. The fraction of sp³-hybridized carbons (Fsp3) is 0.696. The maximum absolute atomic E-state index is 12.9. The lowest BCUT2D eigenvalue weighted by molar-refractivity contribution is -0.163. The van der Waals surface area contributed by atoms with Crippen molar-refractivity contribution in [3.8, 4) is 0 Å². The van der Waals surface area contributed by atoms with Crippen LogP contribution in [-0.4, -0.2) is 29.8 Å². The van der Waals surface area contributed by atoms with Gasteiger partial charge in [-0.05, 0) is 62.3 Å². The average Bonchev–Trinajstić information content (AvgIpc) is 3.16. The van der Waals surface area contributed by atoms with Crippen LogP contribution in [0.15, 0.2) is 30.3 Å². The number of hydrogen-bond donors (Lipinski definition) is 1. The zero-order chi connectivity index (χ0) is 18.1. The zero-order valence-electron chi connectivity index (χ0n) is 15.9. The fourth-order valence-corrected chi connectivity index (χ4v) is 6.47. The third kappa shape index (κ3) is 2.39. The molecule has 1 aromatic rings. The highest BCUT2D eigenvalue weighted by Gasteiger charge is 2.74. The molecule has 2 atom stereocenters. The SMILES string of the molecule is O=C(N[C@]12C[C@H]1COC21CCC1)C1CC2(CC(OCc3ccccc3)C2)C1. The summed E-state index contributed by atoms with van der Waals surface area (Å²) in [7, 11) is 0. The van der Waals surface area contributed by atoms with E-state index in [1.165, 1.54) is 12.0 Å². The smallest absolute Gasteiger partial charge is 0.223 e. The summed E-state index contributed by atoms with van der Waals surface area (Å²) in [6.45, 7) is 1.56. The first-order valence-corrected chi connectivity index (χ1v) is 10.7. The van der Waals surface area contributed by atoms with Gasteiger partial charge >= 0.3 is 0 Å². The minimum Gasteiger partial charge on any atom is -0.374 e. The van der Waals surface area contributed by atoms with Gasteiger partial charge in [0, 0.05) is 11.8 Å². The zero-order valence-corrected chi connectivity index (χ0v) is 15.9. The van der Waals surface area contributed by atoms with E-state index in [4.69, 9.17) is 9.47 Å². The molecule has 1 saturated heterocycles. The highest BCUT2D eigenvalue weighted by molar-refractivity contribution is 5.81. The summed E-state index contributed by atoms with van der Waals surface area (Å²) >= 11 is 0. The van der Waals surface area contributed by atoms with Gasteiger partial charge in [-0.25, -0.2) is 0 Å². The molecule has 1 N–H and O–H groups in total. The summed E-state index contributed by atoms with van der Waals surface area (Å²) in [4.78, 5) is 12.9. The predicted octanol–water partition coefficient (Wildman–Crippen LogP) is 3.59. The lowest BCUT2D eigenvalue weighted by Crippen LogP contribution is -2.61. The van der Waals surface area contributed by atoms with Gasteiger partial charge in [-0.3, -0.25) is 4.79 Å². The second kappa shape index (κ2) is 5.57. The van der Waals surface area contributed by atoms with Crippen LogP contribution in [0.3, 0.4) is 0 Å². The second-order valence-electron chi connectivity index (χ2n) is 9.95. The summed E-state index contributed by atoms with van der Waals surface area (Å²) in [6.07, 6.45) is 9.42. The summed E-state index contributed by atoms with van der Waals surface area (Å²) < 4.78 is 12.1. The van der Waals surface area contributed by atoms with Gasteiger partial charge in [-0.15, -0.1) is 0 Å². The standard InChI is InChI=1S/C23H29NO3/c25-20(24-23-11-18(23)15-27-22(23)7-4-8-22)17-9-21(10-17)12-19(13-21)26-14-16-5-2-1-3-6-16/h1-3,5-6,17-19H,4,7-15H2,(H,24,25)/t17?,18-,19?,21?,23+/m0/s1. The second-order valence-corrected chi connectivity index (χ2v) is 9.95. The van der Waals surface area contributed by atoms with Crippen LogP contribution >= 0.6 is 0 Å². The molecule has 4 nitrogen and oxygen atoms in total. The lowest BCUT2D eigenvalue weighted by Gasteiger charge is -2.57. The van der Waals surface area contributed by atoms with Crippen molar-refractivity contribution in [2.75, 3.05) is 6.61 Å². The molecular formula is C23H29NO3. The normalized spacial score (nSPS) is 42.7. The van der Waals surface area contributed by atoms with Crippen LogP contribution in [0.1, 0.15) is 56.9 Å². The Bertz CT molecular complexity index is 744. The summed E-state index contributed by atoms with van der Waals surface area (Å²) in [5.74, 6) is 1.09. The number of rotatable bonds is 5. The van der Waals surface area contributed by atoms with Crippen molar-refractivity contribution in [1.29, 1.82) is 0 Å². The average molecular weight is 367 g/mol. The topological polar surface area (TPSA) is 47.6 Å². The van der Waals surface area contributed by atoms with Crippen LogP contribution in [0.4, 0.5) is 0 Å². The molecule has 1 aromatic carbocycles. The van der Waals surface area contributed by atoms with Crippen molar-refractivity contribution < 1.29 is 14.3 Å². The van der Waals surface area contributed by atoms with E-state index in [0.717, 1.165) is 51.6 Å². The van der Waals surface area contributed by atoms with E-state index in [0.29, 0.717) is 30.0 Å². The molecule has 0 aromatic heterocycles. The summed E-state index contributed by atoms with van der Waals surface area (Å²) in [6, 6.07) is 10.4. The molecule has 5 aliphatic rings. The van der Waals surface area contributed by atoms with Crippen molar-refractivity contribution in [1.82, 2.24) is 5.32 Å². The highest BCUT2D eigenvalue weighted by Crippen LogP contribution is 2.65. The van der Waals surface area contributed by atoms with Crippen molar-refractivity contribution >= 4 is 5.91 Å². The van der Waals surface area contributed by atoms with Crippen LogP contribution in [0.25, 0.3) is 0 Å². The van der Waals surface area contributed by atoms with Gasteiger partial charge in [-0.2, -0.15) is 0 Å². The number of carbonyl (C=O) groups excluding carboxylic acids is 1. The monoisotopic (exact) mass is 367 g/mol. The number of carbonyl (C=O) groups is 1. The van der Waals surface area contributed by atoms with E-state index in [2.05, 4.69) is 29.6 Å². The number of benzene rings is 1. The van der Waals surface area contributed by atoms with Gasteiger partial charge in [0.15, 0.2) is 0 Å². The molecule has 4 heteroatoms. The largest absolute Gasteiger partial charge is 0.374 e. The van der Waals surface area contributed by atoms with Crippen LogP contribution < -0.4 is 5.32 Å². The fourth-order valence-electron chi connectivity index (χ4n) is 6.47. The molecule has 1 heterocycles. The van der Waals surface area contributed by atoms with Crippen LogP contribution in [0, 0.1) is 17.3 Å². The predicted molar refractivity (Wildman–Crippen MR) is 101 cm³/mol.